The van der Waals surface area contributed by atoms with Crippen molar-refractivity contribution in [1.82, 2.24) is 20.4 Å². The maximum Gasteiger partial charge on any atom is 0.254 e. The molecular weight excluding hydrogens is 344 g/mol. The number of aromatic nitrogens is 2. The van der Waals surface area contributed by atoms with Gasteiger partial charge in [-0.25, -0.2) is 0 Å². The number of ether oxygens (including phenoxy) is 1. The average molecular weight is 370 g/mol. The van der Waals surface area contributed by atoms with Crippen molar-refractivity contribution in [2.24, 2.45) is 0 Å². The molecule has 0 saturated carbocycles. The van der Waals surface area contributed by atoms with E-state index in [2.05, 4.69) is 36.3 Å². The number of rotatable bonds is 4. The van der Waals surface area contributed by atoms with Crippen molar-refractivity contribution in [2.45, 2.75) is 44.9 Å². The molecule has 3 rings (SSSR count). The molecular formula is C20H26N4O3. The maximum absolute atomic E-state index is 13.0. The lowest BCUT2D eigenvalue weighted by Crippen LogP contribution is -2.52. The predicted molar refractivity (Wildman–Crippen MR) is 101 cm³/mol. The van der Waals surface area contributed by atoms with Crippen LogP contribution < -0.4 is 5.32 Å². The van der Waals surface area contributed by atoms with Gasteiger partial charge in [-0.3, -0.25) is 14.7 Å². The summed E-state index contributed by atoms with van der Waals surface area (Å²) in [7, 11) is 1.72. The standard InChI is InChI=1S/C20H26N4O3/c1-20(2,3)15-10-14(22-23-15)11-24(4)19(26)18-17(21-16(25)12-27-18)13-8-6-5-7-9-13/h5-10,17-18H,11-12H2,1-4H3,(H,21,25)(H,22,23)/t17-,18+/m1/s1. The third-order valence-corrected chi connectivity index (χ3v) is 4.60. The summed E-state index contributed by atoms with van der Waals surface area (Å²) in [6.45, 7) is 6.53. The molecule has 2 N–H and O–H groups in total. The minimum atomic E-state index is -0.764. The number of hydrogen-bond acceptors (Lipinski definition) is 4. The highest BCUT2D eigenvalue weighted by atomic mass is 16.5. The van der Waals surface area contributed by atoms with Crippen molar-refractivity contribution >= 4 is 11.8 Å². The third-order valence-electron chi connectivity index (χ3n) is 4.60. The summed E-state index contributed by atoms with van der Waals surface area (Å²) < 4.78 is 5.61. The number of hydrogen-bond donors (Lipinski definition) is 2. The molecule has 1 aromatic carbocycles. The molecule has 2 aromatic rings. The second-order valence-electron chi connectivity index (χ2n) is 7.91. The van der Waals surface area contributed by atoms with E-state index in [1.807, 2.05) is 36.4 Å². The molecule has 0 spiro atoms. The number of nitrogens with one attached hydrogen (secondary N) is 2. The number of amides is 2. The largest absolute Gasteiger partial charge is 0.356 e. The summed E-state index contributed by atoms with van der Waals surface area (Å²) in [5.74, 6) is -0.408. The van der Waals surface area contributed by atoms with Crippen LogP contribution in [0, 0.1) is 0 Å². The number of morpholine rings is 1. The molecule has 1 saturated heterocycles. The number of H-pyrrole nitrogens is 1. The number of aromatic amines is 1. The van der Waals surface area contributed by atoms with Crippen LogP contribution in [0.15, 0.2) is 36.4 Å². The quantitative estimate of drug-likeness (QED) is 0.861. The molecule has 0 unspecified atom stereocenters. The number of nitrogens with zero attached hydrogens (tertiary/aromatic N) is 2. The Labute approximate surface area is 159 Å². The lowest BCUT2D eigenvalue weighted by atomic mass is 9.92. The first-order chi connectivity index (χ1) is 12.8. The third kappa shape index (κ3) is 4.36. The second kappa shape index (κ2) is 7.52. The molecule has 2 amide bonds. The SMILES string of the molecule is CN(Cc1cc(C(C)(C)C)n[nH]1)C(=O)[C@H]1OCC(=O)N[C@@H]1c1ccccc1. The minimum absolute atomic E-state index is 0.0630. The van der Waals surface area contributed by atoms with Crippen molar-refractivity contribution in [3.8, 4) is 0 Å². The summed E-state index contributed by atoms with van der Waals surface area (Å²) in [6.07, 6.45) is -0.764. The van der Waals surface area contributed by atoms with Crippen LogP contribution in [-0.4, -0.2) is 46.7 Å². The molecule has 1 fully saturated rings. The topological polar surface area (TPSA) is 87.3 Å². The smallest absolute Gasteiger partial charge is 0.254 e. The molecule has 144 valence electrons. The number of carbonyl (C=O) groups is 2. The Balaban J connectivity index is 1.74. The van der Waals surface area contributed by atoms with Gasteiger partial charge in [0.05, 0.1) is 24.0 Å². The van der Waals surface area contributed by atoms with Crippen LogP contribution in [0.5, 0.6) is 0 Å². The molecule has 27 heavy (non-hydrogen) atoms. The van der Waals surface area contributed by atoms with E-state index in [9.17, 15) is 9.59 Å². The molecule has 0 radical (unpaired) electrons. The number of carbonyl (C=O) groups excluding carboxylic acids is 2. The first kappa shape index (κ1) is 19.1. The highest BCUT2D eigenvalue weighted by molar-refractivity contribution is 5.86. The van der Waals surface area contributed by atoms with E-state index in [4.69, 9.17) is 4.74 Å². The van der Waals surface area contributed by atoms with E-state index in [1.165, 1.54) is 0 Å². The molecule has 0 bridgehead atoms. The monoisotopic (exact) mass is 370 g/mol. The van der Waals surface area contributed by atoms with E-state index < -0.39 is 12.1 Å². The van der Waals surface area contributed by atoms with Gasteiger partial charge in [-0.1, -0.05) is 51.1 Å². The van der Waals surface area contributed by atoms with Gasteiger partial charge in [0.25, 0.3) is 5.91 Å². The summed E-state index contributed by atoms with van der Waals surface area (Å²) >= 11 is 0. The number of benzene rings is 1. The van der Waals surface area contributed by atoms with Crippen LogP contribution in [0.2, 0.25) is 0 Å². The Kier molecular flexibility index (Phi) is 5.32. The molecule has 1 aromatic heterocycles. The van der Waals surface area contributed by atoms with Crippen LogP contribution >= 0.6 is 0 Å². The van der Waals surface area contributed by atoms with Crippen molar-refractivity contribution in [1.29, 1.82) is 0 Å². The zero-order chi connectivity index (χ0) is 19.6. The fourth-order valence-electron chi connectivity index (χ4n) is 3.06. The van der Waals surface area contributed by atoms with Gasteiger partial charge >= 0.3 is 0 Å². The van der Waals surface area contributed by atoms with E-state index in [1.54, 1.807) is 11.9 Å². The zero-order valence-electron chi connectivity index (χ0n) is 16.2. The fourth-order valence-corrected chi connectivity index (χ4v) is 3.06. The summed E-state index contributed by atoms with van der Waals surface area (Å²) in [5.41, 5.74) is 2.58. The molecule has 0 aliphatic carbocycles. The number of likely N-dealkylation sites (N-methyl/N-ethyl adjacent to an activating group) is 1. The highest BCUT2D eigenvalue weighted by Crippen LogP contribution is 2.25. The fraction of sp³-hybridized carbons (Fsp3) is 0.450. The van der Waals surface area contributed by atoms with Gasteiger partial charge < -0.3 is 15.0 Å². The zero-order valence-corrected chi connectivity index (χ0v) is 16.2. The van der Waals surface area contributed by atoms with E-state index >= 15 is 0 Å². The van der Waals surface area contributed by atoms with Crippen molar-refractivity contribution in [3.05, 3.63) is 53.3 Å². The van der Waals surface area contributed by atoms with Gasteiger partial charge in [0.1, 0.15) is 6.61 Å². The first-order valence-electron chi connectivity index (χ1n) is 9.01. The predicted octanol–water partition coefficient (Wildman–Crippen LogP) is 1.92. The Morgan fingerprint density at radius 1 is 1.30 bits per heavy atom. The van der Waals surface area contributed by atoms with Gasteiger partial charge in [-0.2, -0.15) is 5.10 Å². The van der Waals surface area contributed by atoms with Crippen molar-refractivity contribution in [2.75, 3.05) is 13.7 Å². The molecule has 2 heterocycles. The Hall–Kier alpha value is -2.67. The van der Waals surface area contributed by atoms with Crippen LogP contribution in [0.1, 0.15) is 43.8 Å². The van der Waals surface area contributed by atoms with E-state index in [0.717, 1.165) is 17.0 Å². The molecule has 2 atom stereocenters. The minimum Gasteiger partial charge on any atom is -0.356 e. The van der Waals surface area contributed by atoms with Crippen LogP contribution in [0.25, 0.3) is 0 Å². The first-order valence-corrected chi connectivity index (χ1v) is 9.01. The summed E-state index contributed by atoms with van der Waals surface area (Å²) in [5, 5.41) is 10.2. The summed E-state index contributed by atoms with van der Waals surface area (Å²) in [4.78, 5) is 26.4. The highest BCUT2D eigenvalue weighted by Gasteiger charge is 2.37. The van der Waals surface area contributed by atoms with E-state index in [-0.39, 0.29) is 23.8 Å². The Morgan fingerprint density at radius 2 is 2.00 bits per heavy atom. The van der Waals surface area contributed by atoms with Crippen molar-refractivity contribution < 1.29 is 14.3 Å². The molecule has 7 heteroatoms. The Morgan fingerprint density at radius 3 is 2.63 bits per heavy atom. The van der Waals surface area contributed by atoms with Gasteiger partial charge in [-0.05, 0) is 11.6 Å². The van der Waals surface area contributed by atoms with Crippen LogP contribution in [-0.2, 0) is 26.3 Å². The van der Waals surface area contributed by atoms with Gasteiger partial charge in [0, 0.05) is 12.5 Å². The van der Waals surface area contributed by atoms with Gasteiger partial charge in [0.2, 0.25) is 5.91 Å². The Bertz CT molecular complexity index is 810. The lowest BCUT2D eigenvalue weighted by Gasteiger charge is -2.34. The molecule has 1 aliphatic rings. The normalized spacial score (nSPS) is 20.2. The lowest BCUT2D eigenvalue weighted by molar-refractivity contribution is -0.154. The van der Waals surface area contributed by atoms with E-state index in [0.29, 0.717) is 6.54 Å². The molecule has 7 nitrogen and oxygen atoms in total. The van der Waals surface area contributed by atoms with Gasteiger partial charge in [-0.15, -0.1) is 0 Å². The summed E-state index contributed by atoms with van der Waals surface area (Å²) in [6, 6.07) is 10.9. The molecule has 1 aliphatic heterocycles. The van der Waals surface area contributed by atoms with Crippen molar-refractivity contribution in [3.63, 3.8) is 0 Å². The van der Waals surface area contributed by atoms with Crippen LogP contribution in [0.4, 0.5) is 0 Å². The second-order valence-corrected chi connectivity index (χ2v) is 7.91. The van der Waals surface area contributed by atoms with Crippen LogP contribution in [0.3, 0.4) is 0 Å². The maximum atomic E-state index is 13.0. The average Bonchev–Trinajstić information content (AvgIpc) is 3.10. The van der Waals surface area contributed by atoms with Gasteiger partial charge in [0.15, 0.2) is 6.10 Å².